The van der Waals surface area contributed by atoms with Gasteiger partial charge in [-0.05, 0) is 42.8 Å². The van der Waals surface area contributed by atoms with Gasteiger partial charge in [-0.2, -0.15) is 0 Å². The summed E-state index contributed by atoms with van der Waals surface area (Å²) < 4.78 is 5.69. The van der Waals surface area contributed by atoms with Gasteiger partial charge in [0, 0.05) is 10.4 Å². The molecule has 2 aromatic carbocycles. The maximum absolute atomic E-state index is 10.3. The molecule has 0 aliphatic carbocycles. The molecule has 0 spiro atoms. The molecule has 1 heterocycles. The smallest absolute Gasteiger partial charge is 0.138 e. The molecule has 2 nitrogen and oxygen atoms in total. The molecule has 0 saturated carbocycles. The number of fused-ring (bicyclic) bond motifs is 1. The van der Waals surface area contributed by atoms with Crippen LogP contribution in [0.2, 0.25) is 5.02 Å². The van der Waals surface area contributed by atoms with Crippen molar-refractivity contribution in [3.63, 3.8) is 0 Å². The molecule has 3 heteroatoms. The van der Waals surface area contributed by atoms with Gasteiger partial charge in [0.2, 0.25) is 0 Å². The predicted molar refractivity (Wildman–Crippen MR) is 76.5 cm³/mol. The lowest BCUT2D eigenvalue weighted by Crippen LogP contribution is -1.97. The minimum atomic E-state index is -0.773. The Morgan fingerprint density at radius 2 is 1.79 bits per heavy atom. The number of furan rings is 1. The molecule has 1 unspecified atom stereocenters. The lowest BCUT2D eigenvalue weighted by Gasteiger charge is -2.07. The summed E-state index contributed by atoms with van der Waals surface area (Å²) in [6.45, 7) is 2.03. The fraction of sp³-hybridized carbons (Fsp3) is 0.125. The Balaban J connectivity index is 2.01. The molecule has 0 fully saturated rings. The van der Waals surface area contributed by atoms with Gasteiger partial charge in [-0.3, -0.25) is 0 Å². The Morgan fingerprint density at radius 1 is 1.05 bits per heavy atom. The number of aliphatic hydroxyl groups is 1. The van der Waals surface area contributed by atoms with Crippen molar-refractivity contribution in [1.29, 1.82) is 0 Å². The third kappa shape index (κ3) is 2.37. The van der Waals surface area contributed by atoms with Gasteiger partial charge >= 0.3 is 0 Å². The van der Waals surface area contributed by atoms with Crippen LogP contribution in [0.3, 0.4) is 0 Å². The maximum Gasteiger partial charge on any atom is 0.138 e. The molecule has 1 N–H and O–H groups in total. The van der Waals surface area contributed by atoms with E-state index >= 15 is 0 Å². The maximum atomic E-state index is 10.3. The van der Waals surface area contributed by atoms with Crippen LogP contribution >= 0.6 is 11.6 Å². The highest BCUT2D eigenvalue weighted by Crippen LogP contribution is 2.29. The molecular weight excluding hydrogens is 260 g/mol. The van der Waals surface area contributed by atoms with Gasteiger partial charge in [-0.25, -0.2) is 0 Å². The Hall–Kier alpha value is -1.77. The first kappa shape index (κ1) is 12.3. The summed E-state index contributed by atoms with van der Waals surface area (Å²) in [4.78, 5) is 0. The highest BCUT2D eigenvalue weighted by atomic mass is 35.5. The van der Waals surface area contributed by atoms with Crippen LogP contribution in [0.15, 0.2) is 52.9 Å². The second kappa shape index (κ2) is 4.72. The van der Waals surface area contributed by atoms with Gasteiger partial charge in [-0.15, -0.1) is 0 Å². The molecule has 3 rings (SSSR count). The molecule has 1 aromatic heterocycles. The average molecular weight is 273 g/mol. The van der Waals surface area contributed by atoms with Gasteiger partial charge in [0.15, 0.2) is 0 Å². The summed E-state index contributed by atoms with van der Waals surface area (Å²) in [5.41, 5.74) is 2.72. The second-order valence-electron chi connectivity index (χ2n) is 4.64. The highest BCUT2D eigenvalue weighted by Gasteiger charge is 2.15. The van der Waals surface area contributed by atoms with E-state index in [-0.39, 0.29) is 0 Å². The van der Waals surface area contributed by atoms with E-state index < -0.39 is 6.10 Å². The summed E-state index contributed by atoms with van der Waals surface area (Å²) in [5.74, 6) is 0.544. The third-order valence-corrected chi connectivity index (χ3v) is 3.40. The van der Waals surface area contributed by atoms with Crippen LogP contribution in [-0.2, 0) is 0 Å². The van der Waals surface area contributed by atoms with Crippen molar-refractivity contribution >= 4 is 22.6 Å². The zero-order chi connectivity index (χ0) is 13.4. The quantitative estimate of drug-likeness (QED) is 0.746. The van der Waals surface area contributed by atoms with Crippen LogP contribution in [0.5, 0.6) is 0 Å². The summed E-state index contributed by atoms with van der Waals surface area (Å²) in [6.07, 6.45) is -0.773. The molecule has 0 saturated heterocycles. The Kier molecular flexibility index (Phi) is 3.05. The molecule has 1 atom stereocenters. The minimum Gasteiger partial charge on any atom is -0.458 e. The van der Waals surface area contributed by atoms with E-state index in [0.717, 1.165) is 16.5 Å². The molecule has 3 aromatic rings. The SMILES string of the molecule is Cc1ccc2oc(C(O)c3ccc(Cl)cc3)cc2c1. The Bertz CT molecular complexity index is 713. The summed E-state index contributed by atoms with van der Waals surface area (Å²) in [5, 5.41) is 12.0. The van der Waals surface area contributed by atoms with Gasteiger partial charge in [0.1, 0.15) is 17.4 Å². The van der Waals surface area contributed by atoms with Crippen LogP contribution in [-0.4, -0.2) is 5.11 Å². The molecule has 0 bridgehead atoms. The van der Waals surface area contributed by atoms with E-state index in [2.05, 4.69) is 0 Å². The van der Waals surface area contributed by atoms with Crippen LogP contribution < -0.4 is 0 Å². The number of aryl methyl sites for hydroxylation is 1. The fourth-order valence-electron chi connectivity index (χ4n) is 2.13. The highest BCUT2D eigenvalue weighted by molar-refractivity contribution is 6.30. The van der Waals surface area contributed by atoms with Crippen molar-refractivity contribution < 1.29 is 9.52 Å². The van der Waals surface area contributed by atoms with E-state index in [1.807, 2.05) is 31.2 Å². The number of hydrogen-bond acceptors (Lipinski definition) is 2. The number of hydrogen-bond donors (Lipinski definition) is 1. The first-order valence-corrected chi connectivity index (χ1v) is 6.45. The van der Waals surface area contributed by atoms with Crippen molar-refractivity contribution in [2.45, 2.75) is 13.0 Å². The number of aliphatic hydroxyl groups excluding tert-OH is 1. The fourth-order valence-corrected chi connectivity index (χ4v) is 2.25. The normalized spacial score (nSPS) is 12.8. The van der Waals surface area contributed by atoms with Gasteiger partial charge < -0.3 is 9.52 Å². The molecule has 0 aliphatic heterocycles. The lowest BCUT2D eigenvalue weighted by molar-refractivity contribution is 0.192. The summed E-state index contributed by atoms with van der Waals surface area (Å²) >= 11 is 5.84. The zero-order valence-electron chi connectivity index (χ0n) is 10.4. The van der Waals surface area contributed by atoms with Crippen LogP contribution in [0, 0.1) is 6.92 Å². The van der Waals surface area contributed by atoms with Gasteiger partial charge in [0.05, 0.1) is 0 Å². The average Bonchev–Trinajstić information content (AvgIpc) is 2.81. The van der Waals surface area contributed by atoms with E-state index in [1.54, 1.807) is 24.3 Å². The molecule has 0 amide bonds. The van der Waals surface area contributed by atoms with Crippen molar-refractivity contribution in [2.75, 3.05) is 0 Å². The first-order valence-electron chi connectivity index (χ1n) is 6.07. The predicted octanol–water partition coefficient (Wildman–Crippen LogP) is 4.48. The van der Waals surface area contributed by atoms with E-state index in [0.29, 0.717) is 10.8 Å². The molecule has 0 aliphatic rings. The Labute approximate surface area is 116 Å². The van der Waals surface area contributed by atoms with Crippen LogP contribution in [0.25, 0.3) is 11.0 Å². The van der Waals surface area contributed by atoms with Crippen LogP contribution in [0.4, 0.5) is 0 Å². The second-order valence-corrected chi connectivity index (χ2v) is 5.08. The van der Waals surface area contributed by atoms with Crippen molar-refractivity contribution in [3.8, 4) is 0 Å². The summed E-state index contributed by atoms with van der Waals surface area (Å²) in [7, 11) is 0. The standard InChI is InChI=1S/C16H13ClO2/c1-10-2-7-14-12(8-10)9-15(19-14)16(18)11-3-5-13(17)6-4-11/h2-9,16,18H,1H3. The number of benzene rings is 2. The molecule has 96 valence electrons. The third-order valence-electron chi connectivity index (χ3n) is 3.15. The molecule has 0 radical (unpaired) electrons. The summed E-state index contributed by atoms with van der Waals surface area (Å²) in [6, 6.07) is 14.9. The van der Waals surface area contributed by atoms with E-state index in [4.69, 9.17) is 16.0 Å². The van der Waals surface area contributed by atoms with Gasteiger partial charge in [0.25, 0.3) is 0 Å². The first-order chi connectivity index (χ1) is 9.13. The monoisotopic (exact) mass is 272 g/mol. The largest absolute Gasteiger partial charge is 0.458 e. The van der Waals surface area contributed by atoms with Crippen molar-refractivity contribution in [3.05, 3.63) is 70.4 Å². The number of halogens is 1. The van der Waals surface area contributed by atoms with E-state index in [9.17, 15) is 5.11 Å². The zero-order valence-corrected chi connectivity index (χ0v) is 11.2. The topological polar surface area (TPSA) is 33.4 Å². The van der Waals surface area contributed by atoms with E-state index in [1.165, 1.54) is 5.56 Å². The molecular formula is C16H13ClO2. The van der Waals surface area contributed by atoms with Gasteiger partial charge in [-0.1, -0.05) is 35.4 Å². The minimum absolute atomic E-state index is 0.544. The number of rotatable bonds is 2. The Morgan fingerprint density at radius 3 is 2.53 bits per heavy atom. The van der Waals surface area contributed by atoms with Crippen molar-refractivity contribution in [2.24, 2.45) is 0 Å². The van der Waals surface area contributed by atoms with Crippen LogP contribution in [0.1, 0.15) is 23.0 Å². The van der Waals surface area contributed by atoms with Crippen molar-refractivity contribution in [1.82, 2.24) is 0 Å². The molecule has 19 heavy (non-hydrogen) atoms. The lowest BCUT2D eigenvalue weighted by atomic mass is 10.1.